The summed E-state index contributed by atoms with van der Waals surface area (Å²) in [6.45, 7) is 3.04. The molecular weight excluding hydrogens is 308 g/mol. The summed E-state index contributed by atoms with van der Waals surface area (Å²) in [5, 5.41) is 0. The largest absolute Gasteiger partial charge is 0.369 e. The summed E-state index contributed by atoms with van der Waals surface area (Å²) in [4.78, 5) is 2.43. The molecule has 3 heteroatoms. The summed E-state index contributed by atoms with van der Waals surface area (Å²) >= 11 is 0. The zero-order valence-corrected chi connectivity index (χ0v) is 15.0. The third-order valence-electron chi connectivity index (χ3n) is 4.99. The molecule has 0 saturated carbocycles. The number of likely N-dealkylation sites (tertiary alicyclic amines) is 1. The van der Waals surface area contributed by atoms with E-state index >= 15 is 0 Å². The highest BCUT2D eigenvalue weighted by molar-refractivity contribution is 5.29. The first kappa shape index (κ1) is 18.1. The molecular formula is C22H30N2O. The van der Waals surface area contributed by atoms with E-state index in [4.69, 9.17) is 10.5 Å². The van der Waals surface area contributed by atoms with Crippen molar-refractivity contribution in [3.63, 3.8) is 0 Å². The molecule has 3 rings (SSSR count). The van der Waals surface area contributed by atoms with Crippen LogP contribution in [0.15, 0.2) is 60.7 Å². The van der Waals surface area contributed by atoms with Crippen molar-refractivity contribution in [1.82, 2.24) is 4.90 Å². The number of rotatable bonds is 8. The summed E-state index contributed by atoms with van der Waals surface area (Å²) in [5.41, 5.74) is 8.76. The zero-order chi connectivity index (χ0) is 17.3. The van der Waals surface area contributed by atoms with Gasteiger partial charge in [0.05, 0.1) is 6.17 Å². The minimum Gasteiger partial charge on any atom is -0.369 e. The fraction of sp³-hybridized carbons (Fsp3) is 0.455. The number of nitrogens with two attached hydrogens (primary N) is 1. The number of ether oxygens (including phenoxy) is 1. The van der Waals surface area contributed by atoms with Crippen LogP contribution in [0.25, 0.3) is 0 Å². The van der Waals surface area contributed by atoms with E-state index < -0.39 is 0 Å². The smallest absolute Gasteiger partial charge is 0.108 e. The van der Waals surface area contributed by atoms with Crippen molar-refractivity contribution in [2.45, 2.75) is 44.4 Å². The monoisotopic (exact) mass is 338 g/mol. The highest BCUT2D eigenvalue weighted by Gasteiger charge is 2.18. The van der Waals surface area contributed by atoms with Gasteiger partial charge >= 0.3 is 0 Å². The van der Waals surface area contributed by atoms with E-state index in [1.807, 2.05) is 12.1 Å². The molecule has 2 N–H and O–H groups in total. The van der Waals surface area contributed by atoms with Gasteiger partial charge in [-0.05, 0) is 49.9 Å². The molecule has 1 aliphatic rings. The Labute approximate surface area is 151 Å². The molecule has 2 aromatic rings. The summed E-state index contributed by atoms with van der Waals surface area (Å²) in [5.74, 6) is 0. The Hall–Kier alpha value is -1.68. The van der Waals surface area contributed by atoms with Crippen LogP contribution in [0.2, 0.25) is 0 Å². The molecule has 25 heavy (non-hydrogen) atoms. The van der Waals surface area contributed by atoms with Gasteiger partial charge in [0, 0.05) is 6.61 Å². The van der Waals surface area contributed by atoms with Crippen LogP contribution >= 0.6 is 0 Å². The van der Waals surface area contributed by atoms with Gasteiger partial charge < -0.3 is 10.5 Å². The predicted molar refractivity (Wildman–Crippen MR) is 103 cm³/mol. The van der Waals surface area contributed by atoms with Crippen LogP contribution in [-0.2, 0) is 4.74 Å². The second-order valence-electron chi connectivity index (χ2n) is 6.88. The van der Waals surface area contributed by atoms with Gasteiger partial charge in [-0.3, -0.25) is 4.90 Å². The van der Waals surface area contributed by atoms with Crippen LogP contribution in [0, 0.1) is 0 Å². The highest BCUT2D eigenvalue weighted by atomic mass is 16.5. The van der Waals surface area contributed by atoms with Gasteiger partial charge in [0.1, 0.15) is 6.10 Å². The molecule has 0 bridgehead atoms. The minimum atomic E-state index is -0.00592. The lowest BCUT2D eigenvalue weighted by Crippen LogP contribution is -2.44. The Morgan fingerprint density at radius 2 is 1.40 bits per heavy atom. The van der Waals surface area contributed by atoms with Crippen molar-refractivity contribution >= 4 is 0 Å². The van der Waals surface area contributed by atoms with Crippen LogP contribution in [-0.4, -0.2) is 30.8 Å². The summed E-state index contributed by atoms with van der Waals surface area (Å²) in [7, 11) is 0. The Morgan fingerprint density at radius 1 is 0.840 bits per heavy atom. The van der Waals surface area contributed by atoms with Crippen LogP contribution < -0.4 is 5.73 Å². The van der Waals surface area contributed by atoms with Crippen LogP contribution in [0.1, 0.15) is 49.3 Å². The van der Waals surface area contributed by atoms with Gasteiger partial charge in [0.15, 0.2) is 0 Å². The molecule has 3 nitrogen and oxygen atoms in total. The van der Waals surface area contributed by atoms with E-state index in [0.29, 0.717) is 0 Å². The lowest BCUT2D eigenvalue weighted by atomic mass is 10.0. The maximum atomic E-state index is 6.36. The first-order valence-corrected chi connectivity index (χ1v) is 9.56. The van der Waals surface area contributed by atoms with E-state index in [1.165, 1.54) is 30.4 Å². The first-order chi connectivity index (χ1) is 12.3. The molecule has 0 radical (unpaired) electrons. The van der Waals surface area contributed by atoms with Gasteiger partial charge in [0.2, 0.25) is 0 Å². The van der Waals surface area contributed by atoms with E-state index in [0.717, 1.165) is 32.5 Å². The second-order valence-corrected chi connectivity index (χ2v) is 6.88. The molecule has 0 spiro atoms. The number of hydrogen-bond acceptors (Lipinski definition) is 3. The molecule has 1 fully saturated rings. The van der Waals surface area contributed by atoms with E-state index in [-0.39, 0.29) is 12.3 Å². The minimum absolute atomic E-state index is 0.00592. The molecule has 134 valence electrons. The fourth-order valence-electron chi connectivity index (χ4n) is 3.57. The van der Waals surface area contributed by atoms with Crippen molar-refractivity contribution in [2.75, 3.05) is 19.7 Å². The highest BCUT2D eigenvalue weighted by Crippen LogP contribution is 2.26. The molecule has 0 amide bonds. The third-order valence-corrected chi connectivity index (χ3v) is 4.99. The predicted octanol–water partition coefficient (Wildman–Crippen LogP) is 4.34. The Bertz CT molecular complexity index is 556. The van der Waals surface area contributed by atoms with Crippen molar-refractivity contribution in [3.8, 4) is 0 Å². The van der Waals surface area contributed by atoms with Gasteiger partial charge in [-0.2, -0.15) is 0 Å². The topological polar surface area (TPSA) is 38.5 Å². The molecule has 1 aliphatic heterocycles. The van der Waals surface area contributed by atoms with E-state index in [2.05, 4.69) is 53.4 Å². The normalized spacial score (nSPS) is 16.9. The Kier molecular flexibility index (Phi) is 7.04. The Morgan fingerprint density at radius 3 is 1.96 bits per heavy atom. The van der Waals surface area contributed by atoms with E-state index in [9.17, 15) is 0 Å². The number of benzene rings is 2. The molecule has 0 aliphatic carbocycles. The maximum Gasteiger partial charge on any atom is 0.108 e. The zero-order valence-electron chi connectivity index (χ0n) is 15.0. The number of piperidine rings is 1. The number of hydrogen-bond donors (Lipinski definition) is 1. The van der Waals surface area contributed by atoms with Crippen LogP contribution in [0.4, 0.5) is 0 Å². The van der Waals surface area contributed by atoms with E-state index in [1.54, 1.807) is 0 Å². The molecule has 0 aromatic heterocycles. The molecule has 1 heterocycles. The average molecular weight is 338 g/mol. The standard InChI is InChI=1S/C22H30N2O/c23-21(24-16-8-3-9-17-24)15-10-18-25-22(19-11-4-1-5-12-19)20-13-6-2-7-14-20/h1-2,4-7,11-14,21-22H,3,8-10,15-18,23H2. The molecule has 1 atom stereocenters. The van der Waals surface area contributed by atoms with Gasteiger partial charge in [-0.25, -0.2) is 0 Å². The van der Waals surface area contributed by atoms with Gasteiger partial charge in [-0.15, -0.1) is 0 Å². The third kappa shape index (κ3) is 5.40. The van der Waals surface area contributed by atoms with Gasteiger partial charge in [-0.1, -0.05) is 67.1 Å². The molecule has 2 aromatic carbocycles. The van der Waals surface area contributed by atoms with Crippen LogP contribution in [0.3, 0.4) is 0 Å². The van der Waals surface area contributed by atoms with Crippen molar-refractivity contribution in [2.24, 2.45) is 5.73 Å². The lowest BCUT2D eigenvalue weighted by molar-refractivity contribution is 0.0690. The summed E-state index contributed by atoms with van der Waals surface area (Å²) in [6.07, 6.45) is 6.08. The van der Waals surface area contributed by atoms with Crippen molar-refractivity contribution < 1.29 is 4.74 Å². The summed E-state index contributed by atoms with van der Waals surface area (Å²) in [6, 6.07) is 20.9. The number of nitrogens with zero attached hydrogens (tertiary/aromatic N) is 1. The maximum absolute atomic E-state index is 6.36. The first-order valence-electron chi connectivity index (χ1n) is 9.56. The lowest BCUT2D eigenvalue weighted by Gasteiger charge is -2.32. The van der Waals surface area contributed by atoms with Crippen molar-refractivity contribution in [3.05, 3.63) is 71.8 Å². The fourth-order valence-corrected chi connectivity index (χ4v) is 3.57. The molecule has 1 unspecified atom stereocenters. The quantitative estimate of drug-likeness (QED) is 0.728. The molecule has 1 saturated heterocycles. The van der Waals surface area contributed by atoms with Crippen molar-refractivity contribution in [1.29, 1.82) is 0 Å². The van der Waals surface area contributed by atoms with Crippen LogP contribution in [0.5, 0.6) is 0 Å². The van der Waals surface area contributed by atoms with Gasteiger partial charge in [0.25, 0.3) is 0 Å². The SMILES string of the molecule is NC(CCCOC(c1ccccc1)c1ccccc1)N1CCCCC1. The second kappa shape index (κ2) is 9.71. The average Bonchev–Trinajstić information content (AvgIpc) is 2.70. The Balaban J connectivity index is 1.53. The summed E-state index contributed by atoms with van der Waals surface area (Å²) < 4.78 is 6.28.